The van der Waals surface area contributed by atoms with Crippen molar-refractivity contribution in [1.82, 2.24) is 5.32 Å². The van der Waals surface area contributed by atoms with Crippen molar-refractivity contribution in [1.29, 1.82) is 0 Å². The van der Waals surface area contributed by atoms with Crippen molar-refractivity contribution < 1.29 is 14.3 Å². The monoisotopic (exact) mass is 393 g/mol. The molecule has 0 unspecified atom stereocenters. The molecule has 0 spiro atoms. The van der Waals surface area contributed by atoms with E-state index in [0.717, 1.165) is 41.9 Å². The number of amides is 1. The molecule has 0 bridgehead atoms. The fraction of sp³-hybridized carbons (Fsp3) is 0.480. The lowest BCUT2D eigenvalue weighted by molar-refractivity contribution is -0.128. The first-order chi connectivity index (χ1) is 13.8. The molecular weight excluding hydrogens is 362 g/mol. The van der Waals surface area contributed by atoms with Crippen LogP contribution in [0.2, 0.25) is 0 Å². The lowest BCUT2D eigenvalue weighted by atomic mass is 9.89. The molecule has 4 heteroatoms. The normalized spacial score (nSPS) is 20.6. The van der Waals surface area contributed by atoms with Crippen molar-refractivity contribution >= 4 is 5.91 Å². The van der Waals surface area contributed by atoms with Gasteiger partial charge in [-0.1, -0.05) is 18.2 Å². The first-order valence-electron chi connectivity index (χ1n) is 10.7. The summed E-state index contributed by atoms with van der Waals surface area (Å²) < 4.78 is 12.1. The summed E-state index contributed by atoms with van der Waals surface area (Å²) in [6, 6.07) is 12.3. The molecule has 1 heterocycles. The van der Waals surface area contributed by atoms with E-state index in [-0.39, 0.29) is 17.6 Å². The molecular formula is C25H31NO3. The van der Waals surface area contributed by atoms with Gasteiger partial charge >= 0.3 is 0 Å². The lowest BCUT2D eigenvalue weighted by Gasteiger charge is -2.38. The number of hydrogen-bond acceptors (Lipinski definition) is 3. The minimum absolute atomic E-state index is 0.0866. The Bertz CT molecular complexity index is 918. The summed E-state index contributed by atoms with van der Waals surface area (Å²) in [7, 11) is 0. The van der Waals surface area contributed by atoms with Crippen LogP contribution in [0.4, 0.5) is 0 Å². The highest BCUT2D eigenvalue weighted by molar-refractivity contribution is 5.81. The van der Waals surface area contributed by atoms with Crippen LogP contribution in [0.5, 0.6) is 11.5 Å². The van der Waals surface area contributed by atoms with Gasteiger partial charge in [-0.15, -0.1) is 0 Å². The van der Waals surface area contributed by atoms with Crippen LogP contribution >= 0.6 is 0 Å². The van der Waals surface area contributed by atoms with Crippen LogP contribution in [0.3, 0.4) is 0 Å². The van der Waals surface area contributed by atoms with Gasteiger partial charge in [-0.3, -0.25) is 4.79 Å². The fourth-order valence-electron chi connectivity index (χ4n) is 4.42. The zero-order chi connectivity index (χ0) is 20.6. The quantitative estimate of drug-likeness (QED) is 0.790. The van der Waals surface area contributed by atoms with E-state index in [2.05, 4.69) is 43.4 Å². The molecule has 4 rings (SSSR count). The SMILES string of the molecule is Cc1ccc2c(c1)OC(C)(C)C[C@H]2NC(=O)[C@H](C)Oc1ccc2c(c1)CCCC2. The number of ether oxygens (including phenoxy) is 2. The van der Waals surface area contributed by atoms with Crippen molar-refractivity contribution in [3.63, 3.8) is 0 Å². The smallest absolute Gasteiger partial charge is 0.261 e. The Labute approximate surface area is 173 Å². The summed E-state index contributed by atoms with van der Waals surface area (Å²) >= 11 is 0. The molecule has 0 saturated heterocycles. The Balaban J connectivity index is 1.46. The first kappa shape index (κ1) is 19.8. The molecule has 1 N–H and O–H groups in total. The number of fused-ring (bicyclic) bond motifs is 2. The predicted molar refractivity (Wildman–Crippen MR) is 115 cm³/mol. The Kier molecular flexibility index (Phi) is 5.28. The average Bonchev–Trinajstić information content (AvgIpc) is 2.66. The molecule has 2 aromatic rings. The molecule has 0 radical (unpaired) electrons. The van der Waals surface area contributed by atoms with Gasteiger partial charge in [-0.05, 0) is 88.3 Å². The Morgan fingerprint density at radius 3 is 2.69 bits per heavy atom. The summed E-state index contributed by atoms with van der Waals surface area (Å²) in [4.78, 5) is 12.9. The number of carbonyl (C=O) groups excluding carboxylic acids is 1. The highest BCUT2D eigenvalue weighted by Gasteiger charge is 2.35. The molecule has 4 nitrogen and oxygen atoms in total. The minimum Gasteiger partial charge on any atom is -0.487 e. The maximum Gasteiger partial charge on any atom is 0.261 e. The summed E-state index contributed by atoms with van der Waals surface area (Å²) in [5.74, 6) is 1.53. The number of aryl methyl sites for hydroxylation is 3. The molecule has 29 heavy (non-hydrogen) atoms. The van der Waals surface area contributed by atoms with E-state index in [4.69, 9.17) is 9.47 Å². The van der Waals surface area contributed by atoms with E-state index in [9.17, 15) is 4.79 Å². The highest BCUT2D eigenvalue weighted by atomic mass is 16.5. The van der Waals surface area contributed by atoms with E-state index >= 15 is 0 Å². The van der Waals surface area contributed by atoms with Crippen LogP contribution in [0.1, 0.15) is 68.3 Å². The van der Waals surface area contributed by atoms with Crippen molar-refractivity contribution in [2.45, 2.75) is 77.5 Å². The van der Waals surface area contributed by atoms with Crippen LogP contribution in [-0.4, -0.2) is 17.6 Å². The molecule has 2 aliphatic rings. The number of hydrogen-bond donors (Lipinski definition) is 1. The van der Waals surface area contributed by atoms with Crippen LogP contribution in [0.15, 0.2) is 36.4 Å². The molecule has 1 aliphatic heterocycles. The van der Waals surface area contributed by atoms with E-state index < -0.39 is 6.10 Å². The summed E-state index contributed by atoms with van der Waals surface area (Å²) in [6.07, 6.45) is 4.89. The van der Waals surface area contributed by atoms with Gasteiger partial charge < -0.3 is 14.8 Å². The van der Waals surface area contributed by atoms with Gasteiger partial charge in [0.2, 0.25) is 0 Å². The van der Waals surface area contributed by atoms with Crippen molar-refractivity contribution in [2.75, 3.05) is 0 Å². The van der Waals surface area contributed by atoms with Crippen molar-refractivity contribution in [3.05, 3.63) is 58.7 Å². The van der Waals surface area contributed by atoms with E-state index in [0.29, 0.717) is 0 Å². The van der Waals surface area contributed by atoms with Gasteiger partial charge in [0.1, 0.15) is 17.1 Å². The van der Waals surface area contributed by atoms with Gasteiger partial charge in [-0.25, -0.2) is 0 Å². The average molecular weight is 394 g/mol. The summed E-state index contributed by atoms with van der Waals surface area (Å²) in [5, 5.41) is 3.19. The second kappa shape index (κ2) is 7.74. The van der Waals surface area contributed by atoms with E-state index in [1.165, 1.54) is 24.0 Å². The second-order valence-electron chi connectivity index (χ2n) is 9.07. The third kappa shape index (κ3) is 4.42. The van der Waals surface area contributed by atoms with E-state index in [1.54, 1.807) is 0 Å². The molecule has 154 valence electrons. The molecule has 0 fully saturated rings. The fourth-order valence-corrected chi connectivity index (χ4v) is 4.42. The molecule has 1 aliphatic carbocycles. The second-order valence-corrected chi connectivity index (χ2v) is 9.07. The number of carbonyl (C=O) groups is 1. The van der Waals surface area contributed by atoms with Crippen LogP contribution < -0.4 is 14.8 Å². The summed E-state index contributed by atoms with van der Waals surface area (Å²) in [6.45, 7) is 7.98. The van der Waals surface area contributed by atoms with Gasteiger partial charge in [0.25, 0.3) is 5.91 Å². The van der Waals surface area contributed by atoms with Crippen LogP contribution in [-0.2, 0) is 17.6 Å². The minimum atomic E-state index is -0.559. The maximum atomic E-state index is 12.9. The topological polar surface area (TPSA) is 47.6 Å². The molecule has 0 saturated carbocycles. The first-order valence-corrected chi connectivity index (χ1v) is 10.7. The van der Waals surface area contributed by atoms with Gasteiger partial charge in [0.05, 0.1) is 6.04 Å². The van der Waals surface area contributed by atoms with Gasteiger partial charge in [-0.2, -0.15) is 0 Å². The van der Waals surface area contributed by atoms with Crippen molar-refractivity contribution in [2.24, 2.45) is 0 Å². The van der Waals surface area contributed by atoms with Gasteiger partial charge in [0.15, 0.2) is 6.10 Å². The van der Waals surface area contributed by atoms with Crippen molar-refractivity contribution in [3.8, 4) is 11.5 Å². The Morgan fingerprint density at radius 1 is 1.14 bits per heavy atom. The predicted octanol–water partition coefficient (Wildman–Crippen LogP) is 5.06. The molecule has 1 amide bonds. The molecule has 0 aromatic heterocycles. The van der Waals surface area contributed by atoms with Crippen LogP contribution in [0, 0.1) is 6.92 Å². The zero-order valence-corrected chi connectivity index (χ0v) is 17.9. The van der Waals surface area contributed by atoms with Crippen LogP contribution in [0.25, 0.3) is 0 Å². The van der Waals surface area contributed by atoms with Gasteiger partial charge in [0, 0.05) is 12.0 Å². The number of rotatable bonds is 4. The largest absolute Gasteiger partial charge is 0.487 e. The molecule has 2 atom stereocenters. The highest BCUT2D eigenvalue weighted by Crippen LogP contribution is 2.40. The maximum absolute atomic E-state index is 12.9. The van der Waals surface area contributed by atoms with E-state index in [1.807, 2.05) is 26.0 Å². The standard InChI is InChI=1S/C25H31NO3/c1-16-9-12-21-22(15-25(3,4)29-23(21)13-16)26-24(27)17(2)28-20-11-10-18-7-5-6-8-19(18)14-20/h9-14,17,22H,5-8,15H2,1-4H3,(H,26,27)/t17-,22+/m0/s1. The molecule has 2 aromatic carbocycles. The third-order valence-electron chi connectivity index (χ3n) is 5.94. The zero-order valence-electron chi connectivity index (χ0n) is 17.9. The Hall–Kier alpha value is -2.49. The Morgan fingerprint density at radius 2 is 1.90 bits per heavy atom. The summed E-state index contributed by atoms with van der Waals surface area (Å²) in [5.41, 5.74) is 4.62. The lowest BCUT2D eigenvalue weighted by Crippen LogP contribution is -2.44. The third-order valence-corrected chi connectivity index (χ3v) is 5.94. The number of nitrogens with one attached hydrogen (secondary N) is 1. The number of benzene rings is 2.